The van der Waals surface area contributed by atoms with E-state index in [0.29, 0.717) is 0 Å². The zero-order chi connectivity index (χ0) is 13.7. The van der Waals surface area contributed by atoms with E-state index in [9.17, 15) is 0 Å². The zero-order valence-electron chi connectivity index (χ0n) is 11.5. The molecule has 4 heteroatoms. The van der Waals surface area contributed by atoms with E-state index in [2.05, 4.69) is 67.2 Å². The van der Waals surface area contributed by atoms with Gasteiger partial charge in [0, 0.05) is 15.5 Å². The number of benzene rings is 1. The van der Waals surface area contributed by atoms with Gasteiger partial charge in [-0.15, -0.1) is 0 Å². The van der Waals surface area contributed by atoms with Gasteiger partial charge in [0.05, 0.1) is 0 Å². The average Bonchev–Trinajstić information content (AvgIpc) is 2.42. The topological polar surface area (TPSA) is 15.3 Å². The van der Waals surface area contributed by atoms with Crippen LogP contribution >= 0.6 is 31.9 Å². The first-order valence-corrected chi connectivity index (χ1v) is 8.64. The highest BCUT2D eigenvalue weighted by atomic mass is 79.9. The van der Waals surface area contributed by atoms with Crippen LogP contribution in [0.2, 0.25) is 0 Å². The van der Waals surface area contributed by atoms with Gasteiger partial charge in [-0.25, -0.2) is 0 Å². The molecule has 1 saturated heterocycles. The monoisotopic (exact) mass is 388 g/mol. The van der Waals surface area contributed by atoms with E-state index in [0.717, 1.165) is 28.0 Å². The second-order valence-corrected chi connectivity index (χ2v) is 6.98. The first-order chi connectivity index (χ1) is 9.19. The van der Waals surface area contributed by atoms with Crippen molar-refractivity contribution in [1.82, 2.24) is 10.2 Å². The van der Waals surface area contributed by atoms with Crippen LogP contribution in [-0.4, -0.2) is 31.1 Å². The van der Waals surface area contributed by atoms with Crippen LogP contribution in [0.15, 0.2) is 27.1 Å². The fourth-order valence-corrected chi connectivity index (χ4v) is 3.27. The fourth-order valence-electron chi connectivity index (χ4n) is 2.59. The van der Waals surface area contributed by atoms with Crippen molar-refractivity contribution >= 4 is 31.9 Å². The minimum absolute atomic E-state index is 0.868. The summed E-state index contributed by atoms with van der Waals surface area (Å²) < 4.78 is 2.27. The Bertz CT molecular complexity index is 401. The molecule has 1 heterocycles. The van der Waals surface area contributed by atoms with Crippen LogP contribution in [0.25, 0.3) is 0 Å². The lowest BCUT2D eigenvalue weighted by Gasteiger charge is -2.32. The maximum Gasteiger partial charge on any atom is 0.0320 e. The Morgan fingerprint density at radius 3 is 2.58 bits per heavy atom. The van der Waals surface area contributed by atoms with Crippen molar-refractivity contribution in [1.29, 1.82) is 0 Å². The molecule has 1 N–H and O–H groups in total. The van der Waals surface area contributed by atoms with Gasteiger partial charge < -0.3 is 5.32 Å². The van der Waals surface area contributed by atoms with Crippen molar-refractivity contribution in [2.75, 3.05) is 26.2 Å². The summed E-state index contributed by atoms with van der Waals surface area (Å²) in [6, 6.07) is 6.55. The highest BCUT2D eigenvalue weighted by molar-refractivity contribution is 9.13. The molecule has 0 saturated carbocycles. The molecule has 2 rings (SSSR count). The van der Waals surface area contributed by atoms with Crippen molar-refractivity contribution in [2.24, 2.45) is 5.92 Å². The Kier molecular flexibility index (Phi) is 6.33. The third-order valence-electron chi connectivity index (χ3n) is 3.78. The maximum absolute atomic E-state index is 3.58. The van der Waals surface area contributed by atoms with Crippen LogP contribution in [0, 0.1) is 5.92 Å². The van der Waals surface area contributed by atoms with Crippen LogP contribution in [0.1, 0.15) is 25.3 Å². The number of hydrogen-bond acceptors (Lipinski definition) is 2. The molecular weight excluding hydrogens is 368 g/mol. The first kappa shape index (κ1) is 15.5. The summed E-state index contributed by atoms with van der Waals surface area (Å²) in [5.41, 5.74) is 1.39. The molecule has 0 amide bonds. The van der Waals surface area contributed by atoms with E-state index in [-0.39, 0.29) is 0 Å². The third kappa shape index (κ3) is 4.85. The standard InChI is InChI=1S/C15H22Br2N2/c1-2-18-10-12-5-7-19(8-6-12)11-13-3-4-14(16)15(17)9-13/h3-4,9,12,18H,2,5-8,10-11H2,1H3. The van der Waals surface area contributed by atoms with Crippen LogP contribution in [0.4, 0.5) is 0 Å². The highest BCUT2D eigenvalue weighted by Crippen LogP contribution is 2.25. The minimum Gasteiger partial charge on any atom is -0.317 e. The molecule has 0 radical (unpaired) electrons. The minimum atomic E-state index is 0.868. The lowest BCUT2D eigenvalue weighted by Crippen LogP contribution is -2.36. The van der Waals surface area contributed by atoms with Crippen molar-refractivity contribution in [2.45, 2.75) is 26.3 Å². The molecule has 1 fully saturated rings. The van der Waals surface area contributed by atoms with Gasteiger partial charge in [-0.1, -0.05) is 13.0 Å². The molecule has 1 aromatic rings. The van der Waals surface area contributed by atoms with Gasteiger partial charge in [0.2, 0.25) is 0 Å². The van der Waals surface area contributed by atoms with E-state index in [4.69, 9.17) is 0 Å². The quantitative estimate of drug-likeness (QED) is 0.817. The summed E-state index contributed by atoms with van der Waals surface area (Å²) in [5.74, 6) is 0.868. The van der Waals surface area contributed by atoms with E-state index < -0.39 is 0 Å². The molecule has 0 atom stereocenters. The number of piperidine rings is 1. The summed E-state index contributed by atoms with van der Waals surface area (Å²) >= 11 is 7.09. The Morgan fingerprint density at radius 1 is 1.21 bits per heavy atom. The Labute approximate surface area is 133 Å². The van der Waals surface area contributed by atoms with E-state index >= 15 is 0 Å². The van der Waals surface area contributed by atoms with Crippen LogP contribution in [-0.2, 0) is 6.54 Å². The molecular formula is C15H22Br2N2. The normalized spacial score (nSPS) is 17.8. The second kappa shape index (κ2) is 7.77. The van der Waals surface area contributed by atoms with Gasteiger partial charge in [0.1, 0.15) is 0 Å². The zero-order valence-corrected chi connectivity index (χ0v) is 14.6. The molecule has 1 aliphatic heterocycles. The summed E-state index contributed by atoms with van der Waals surface area (Å²) in [6.45, 7) is 7.98. The lowest BCUT2D eigenvalue weighted by molar-refractivity contribution is 0.176. The Morgan fingerprint density at radius 2 is 1.95 bits per heavy atom. The van der Waals surface area contributed by atoms with Gasteiger partial charge in [0.15, 0.2) is 0 Å². The molecule has 0 unspecified atom stereocenters. The van der Waals surface area contributed by atoms with Crippen molar-refractivity contribution < 1.29 is 0 Å². The van der Waals surface area contributed by atoms with Crippen LogP contribution in [0.5, 0.6) is 0 Å². The molecule has 0 aromatic heterocycles. The smallest absolute Gasteiger partial charge is 0.0320 e. The van der Waals surface area contributed by atoms with E-state index in [1.54, 1.807) is 0 Å². The summed E-state index contributed by atoms with van der Waals surface area (Å²) in [5, 5.41) is 3.47. The largest absolute Gasteiger partial charge is 0.317 e. The number of nitrogens with one attached hydrogen (secondary N) is 1. The first-order valence-electron chi connectivity index (χ1n) is 7.06. The SMILES string of the molecule is CCNCC1CCN(Cc2ccc(Br)c(Br)c2)CC1. The van der Waals surface area contributed by atoms with Gasteiger partial charge in [-0.05, 0) is 94.5 Å². The molecule has 2 nitrogen and oxygen atoms in total. The molecule has 0 aliphatic carbocycles. The predicted octanol–water partition coefficient (Wildman–Crippen LogP) is 4.03. The van der Waals surface area contributed by atoms with Gasteiger partial charge in [0.25, 0.3) is 0 Å². The molecule has 1 aliphatic rings. The van der Waals surface area contributed by atoms with Crippen LogP contribution in [0.3, 0.4) is 0 Å². The number of rotatable bonds is 5. The summed E-state index contributed by atoms with van der Waals surface area (Å²) in [4.78, 5) is 2.57. The third-order valence-corrected chi connectivity index (χ3v) is 5.66. The van der Waals surface area contributed by atoms with Gasteiger partial charge >= 0.3 is 0 Å². The second-order valence-electron chi connectivity index (χ2n) is 5.28. The molecule has 19 heavy (non-hydrogen) atoms. The summed E-state index contributed by atoms with van der Waals surface area (Å²) in [7, 11) is 0. The number of halogens is 2. The molecule has 1 aromatic carbocycles. The fraction of sp³-hybridized carbons (Fsp3) is 0.600. The average molecular weight is 390 g/mol. The molecule has 0 bridgehead atoms. The lowest BCUT2D eigenvalue weighted by atomic mass is 9.96. The molecule has 106 valence electrons. The van der Waals surface area contributed by atoms with Gasteiger partial charge in [-0.3, -0.25) is 4.90 Å². The number of hydrogen-bond donors (Lipinski definition) is 1. The van der Waals surface area contributed by atoms with Crippen molar-refractivity contribution in [3.05, 3.63) is 32.7 Å². The van der Waals surface area contributed by atoms with E-state index in [1.807, 2.05) is 0 Å². The van der Waals surface area contributed by atoms with Crippen molar-refractivity contribution in [3.8, 4) is 0 Å². The Hall–Kier alpha value is 0.1000. The van der Waals surface area contributed by atoms with E-state index in [1.165, 1.54) is 38.0 Å². The number of likely N-dealkylation sites (tertiary alicyclic amines) is 1. The Balaban J connectivity index is 1.80. The number of nitrogens with zero attached hydrogens (tertiary/aromatic N) is 1. The maximum atomic E-state index is 3.58. The predicted molar refractivity (Wildman–Crippen MR) is 88.4 cm³/mol. The highest BCUT2D eigenvalue weighted by Gasteiger charge is 2.18. The molecule has 0 spiro atoms. The van der Waals surface area contributed by atoms with Gasteiger partial charge in [-0.2, -0.15) is 0 Å². The van der Waals surface area contributed by atoms with Crippen LogP contribution < -0.4 is 5.32 Å². The van der Waals surface area contributed by atoms with Crippen molar-refractivity contribution in [3.63, 3.8) is 0 Å². The summed E-state index contributed by atoms with van der Waals surface area (Å²) in [6.07, 6.45) is 2.65.